The summed E-state index contributed by atoms with van der Waals surface area (Å²) in [5, 5.41) is 6.27. The quantitative estimate of drug-likeness (QED) is 0.609. The first kappa shape index (κ1) is 20.6. The monoisotopic (exact) mass is 410 g/mol. The van der Waals surface area contributed by atoms with Crippen molar-refractivity contribution in [3.05, 3.63) is 77.8 Å². The van der Waals surface area contributed by atoms with Crippen molar-refractivity contribution in [3.8, 4) is 5.69 Å². The molecule has 0 saturated heterocycles. The molecule has 2 aromatic carbocycles. The van der Waals surface area contributed by atoms with Gasteiger partial charge in [-0.2, -0.15) is 0 Å². The molecule has 0 bridgehead atoms. The molecule has 1 aromatic heterocycles. The third-order valence-electron chi connectivity index (χ3n) is 4.37. The molecule has 0 fully saturated rings. The zero-order valence-corrected chi connectivity index (χ0v) is 17.1. The number of hydrogen-bond acceptors (Lipinski definition) is 3. The second-order valence-corrected chi connectivity index (χ2v) is 7.61. The summed E-state index contributed by atoms with van der Waals surface area (Å²) in [5.41, 5.74) is 2.06. The van der Waals surface area contributed by atoms with Gasteiger partial charge in [-0.15, -0.1) is 0 Å². The lowest BCUT2D eigenvalue weighted by Gasteiger charge is -2.20. The summed E-state index contributed by atoms with van der Waals surface area (Å²) >= 11 is 5.87. The van der Waals surface area contributed by atoms with Crippen LogP contribution in [-0.4, -0.2) is 27.4 Å². The average molecular weight is 411 g/mol. The van der Waals surface area contributed by atoms with E-state index < -0.39 is 6.04 Å². The van der Waals surface area contributed by atoms with Crippen molar-refractivity contribution in [1.29, 1.82) is 0 Å². The minimum atomic E-state index is -0.647. The van der Waals surface area contributed by atoms with E-state index in [4.69, 9.17) is 11.6 Å². The highest BCUT2D eigenvalue weighted by atomic mass is 35.5. The topological polar surface area (TPSA) is 76.0 Å². The Morgan fingerprint density at radius 1 is 1.07 bits per heavy atom. The Morgan fingerprint density at radius 3 is 2.34 bits per heavy atom. The molecule has 3 rings (SSSR count). The molecule has 2 amide bonds. The molecule has 150 valence electrons. The Morgan fingerprint density at radius 2 is 1.76 bits per heavy atom. The highest BCUT2D eigenvalue weighted by molar-refractivity contribution is 6.30. The van der Waals surface area contributed by atoms with Crippen LogP contribution in [0.2, 0.25) is 5.02 Å². The molecule has 0 radical (unpaired) electrons. The summed E-state index contributed by atoms with van der Waals surface area (Å²) in [4.78, 5) is 29.4. The summed E-state index contributed by atoms with van der Waals surface area (Å²) in [6.07, 6.45) is 5.78. The first-order chi connectivity index (χ1) is 13.9. The van der Waals surface area contributed by atoms with Gasteiger partial charge in [0, 0.05) is 34.4 Å². The number of hydrogen-bond donors (Lipinski definition) is 2. The molecule has 3 aromatic rings. The zero-order chi connectivity index (χ0) is 20.8. The van der Waals surface area contributed by atoms with Gasteiger partial charge in [-0.05, 0) is 60.9 Å². The van der Waals surface area contributed by atoms with Crippen molar-refractivity contribution in [2.45, 2.75) is 26.3 Å². The molecule has 29 heavy (non-hydrogen) atoms. The molecular formula is C22H23ClN4O2. The summed E-state index contributed by atoms with van der Waals surface area (Å²) in [5.74, 6) is -0.325. The van der Waals surface area contributed by atoms with Crippen LogP contribution in [0.3, 0.4) is 0 Å². The Bertz CT molecular complexity index is 951. The number of carbonyl (C=O) groups is 2. The van der Waals surface area contributed by atoms with E-state index in [0.717, 1.165) is 5.69 Å². The van der Waals surface area contributed by atoms with Crippen LogP contribution in [0.5, 0.6) is 0 Å². The smallest absolute Gasteiger partial charge is 0.251 e. The van der Waals surface area contributed by atoms with Crippen LogP contribution in [0.4, 0.5) is 5.69 Å². The minimum absolute atomic E-state index is 0.236. The van der Waals surface area contributed by atoms with Crippen molar-refractivity contribution in [2.24, 2.45) is 5.92 Å². The Balaban J connectivity index is 1.68. The molecule has 0 aliphatic carbocycles. The number of benzene rings is 2. The zero-order valence-electron chi connectivity index (χ0n) is 16.3. The van der Waals surface area contributed by atoms with Gasteiger partial charge in [0.2, 0.25) is 5.91 Å². The number of rotatable bonds is 7. The lowest BCUT2D eigenvalue weighted by molar-refractivity contribution is -0.118. The van der Waals surface area contributed by atoms with Crippen LogP contribution in [0, 0.1) is 5.92 Å². The maximum atomic E-state index is 12.8. The largest absolute Gasteiger partial charge is 0.340 e. The van der Waals surface area contributed by atoms with E-state index in [2.05, 4.69) is 15.6 Å². The van der Waals surface area contributed by atoms with E-state index in [0.29, 0.717) is 22.7 Å². The van der Waals surface area contributed by atoms with Gasteiger partial charge in [-0.3, -0.25) is 9.59 Å². The number of imidazole rings is 1. The van der Waals surface area contributed by atoms with Gasteiger partial charge in [0.1, 0.15) is 6.04 Å². The van der Waals surface area contributed by atoms with Crippen molar-refractivity contribution < 1.29 is 9.59 Å². The second-order valence-electron chi connectivity index (χ2n) is 7.17. The van der Waals surface area contributed by atoms with E-state index in [1.165, 1.54) is 0 Å². The highest BCUT2D eigenvalue weighted by Gasteiger charge is 2.22. The fourth-order valence-electron chi connectivity index (χ4n) is 2.90. The Labute approximate surface area is 174 Å². The number of nitrogens with zero attached hydrogens (tertiary/aromatic N) is 2. The number of amides is 2. The molecule has 0 aliphatic heterocycles. The van der Waals surface area contributed by atoms with E-state index >= 15 is 0 Å². The first-order valence-corrected chi connectivity index (χ1v) is 9.76. The number of anilines is 1. The van der Waals surface area contributed by atoms with Gasteiger partial charge in [0.05, 0.1) is 6.33 Å². The van der Waals surface area contributed by atoms with Crippen LogP contribution in [-0.2, 0) is 4.79 Å². The maximum absolute atomic E-state index is 12.8. The molecule has 1 unspecified atom stereocenters. The molecule has 1 atom stereocenters. The van der Waals surface area contributed by atoms with E-state index in [-0.39, 0.29) is 17.7 Å². The Kier molecular flexibility index (Phi) is 6.67. The fourth-order valence-corrected chi connectivity index (χ4v) is 3.03. The molecule has 0 spiro atoms. The first-order valence-electron chi connectivity index (χ1n) is 9.38. The molecular weight excluding hydrogens is 388 g/mol. The third kappa shape index (κ3) is 5.68. The lowest BCUT2D eigenvalue weighted by Crippen LogP contribution is -2.44. The van der Waals surface area contributed by atoms with Gasteiger partial charge in [0.25, 0.3) is 5.91 Å². The SMILES string of the molecule is CC(C)CC(NC(=O)c1ccc(Cl)cc1)C(=O)Nc1ccc(-n2ccnc2)cc1. The van der Waals surface area contributed by atoms with E-state index in [1.54, 1.807) is 36.8 Å². The number of halogens is 1. The normalized spacial score (nSPS) is 11.9. The van der Waals surface area contributed by atoms with Crippen LogP contribution in [0.1, 0.15) is 30.6 Å². The van der Waals surface area contributed by atoms with Gasteiger partial charge < -0.3 is 15.2 Å². The van der Waals surface area contributed by atoms with Gasteiger partial charge in [-0.1, -0.05) is 25.4 Å². The molecule has 1 heterocycles. The van der Waals surface area contributed by atoms with Crippen molar-refractivity contribution in [2.75, 3.05) is 5.32 Å². The lowest BCUT2D eigenvalue weighted by atomic mass is 10.0. The molecule has 7 heteroatoms. The van der Waals surface area contributed by atoms with Crippen molar-refractivity contribution >= 4 is 29.1 Å². The standard InChI is InChI=1S/C22H23ClN4O2/c1-15(2)13-20(26-21(28)16-3-5-17(23)6-4-16)22(29)25-18-7-9-19(10-8-18)27-12-11-24-14-27/h3-12,14-15,20H,13H2,1-2H3,(H,25,29)(H,26,28). The summed E-state index contributed by atoms with van der Waals surface area (Å²) in [6.45, 7) is 4.02. The van der Waals surface area contributed by atoms with Crippen LogP contribution in [0.15, 0.2) is 67.3 Å². The van der Waals surface area contributed by atoms with Crippen LogP contribution >= 0.6 is 11.6 Å². The number of carbonyl (C=O) groups excluding carboxylic acids is 2. The summed E-state index contributed by atoms with van der Waals surface area (Å²) in [7, 11) is 0. The van der Waals surface area contributed by atoms with Crippen LogP contribution in [0.25, 0.3) is 5.69 Å². The van der Waals surface area contributed by atoms with Gasteiger partial charge >= 0.3 is 0 Å². The second kappa shape index (κ2) is 9.39. The van der Waals surface area contributed by atoms with Gasteiger partial charge in [0.15, 0.2) is 0 Å². The van der Waals surface area contributed by atoms with E-state index in [9.17, 15) is 9.59 Å². The minimum Gasteiger partial charge on any atom is -0.340 e. The maximum Gasteiger partial charge on any atom is 0.251 e. The molecule has 6 nitrogen and oxygen atoms in total. The van der Waals surface area contributed by atoms with Crippen molar-refractivity contribution in [3.63, 3.8) is 0 Å². The molecule has 0 saturated carbocycles. The van der Waals surface area contributed by atoms with Crippen LogP contribution < -0.4 is 10.6 Å². The van der Waals surface area contributed by atoms with Crippen molar-refractivity contribution in [1.82, 2.24) is 14.9 Å². The average Bonchev–Trinajstić information content (AvgIpc) is 3.23. The number of aromatic nitrogens is 2. The predicted molar refractivity (Wildman–Crippen MR) is 114 cm³/mol. The Hall–Kier alpha value is -3.12. The number of nitrogens with one attached hydrogen (secondary N) is 2. The molecule has 2 N–H and O–H groups in total. The third-order valence-corrected chi connectivity index (χ3v) is 4.62. The van der Waals surface area contributed by atoms with Gasteiger partial charge in [-0.25, -0.2) is 4.98 Å². The molecule has 0 aliphatic rings. The summed E-state index contributed by atoms with van der Waals surface area (Å²) < 4.78 is 1.87. The van der Waals surface area contributed by atoms with E-state index in [1.807, 2.05) is 48.9 Å². The highest BCUT2D eigenvalue weighted by Crippen LogP contribution is 2.15. The summed E-state index contributed by atoms with van der Waals surface area (Å²) in [6, 6.07) is 13.3. The fraction of sp³-hybridized carbons (Fsp3) is 0.227. The predicted octanol–water partition coefficient (Wildman–Crippen LogP) is 4.31.